The lowest BCUT2D eigenvalue weighted by molar-refractivity contribution is -0.892. The van der Waals surface area contributed by atoms with Gasteiger partial charge in [-0.1, -0.05) is 6.07 Å². The standard InChI is InChI=1S/C21H24F3N3O3/c1-29-17-6-7-18(19(13-17)30-2)25-20(28)14-26-8-10-27(11-9-26)16-5-3-4-15(12-16)21(22,23)24/h3-7,12-13H,8-11,14H2,1-2H3,(H,25,28)/p+1. The van der Waals surface area contributed by atoms with Gasteiger partial charge in [0.05, 0.1) is 51.6 Å². The highest BCUT2D eigenvalue weighted by Gasteiger charge is 2.31. The van der Waals surface area contributed by atoms with Gasteiger partial charge in [-0.15, -0.1) is 0 Å². The van der Waals surface area contributed by atoms with Crippen molar-refractivity contribution in [3.05, 3.63) is 48.0 Å². The van der Waals surface area contributed by atoms with E-state index in [-0.39, 0.29) is 12.5 Å². The smallest absolute Gasteiger partial charge is 0.416 e. The number of quaternary nitrogens is 1. The maximum atomic E-state index is 12.9. The van der Waals surface area contributed by atoms with Gasteiger partial charge in [-0.2, -0.15) is 13.2 Å². The predicted octanol–water partition coefficient (Wildman–Crippen LogP) is 2.07. The van der Waals surface area contributed by atoms with E-state index in [0.29, 0.717) is 49.1 Å². The molecular formula is C21H25F3N3O3+. The van der Waals surface area contributed by atoms with E-state index < -0.39 is 11.7 Å². The quantitative estimate of drug-likeness (QED) is 0.746. The fraction of sp³-hybridized carbons (Fsp3) is 0.381. The fourth-order valence-electron chi connectivity index (χ4n) is 3.46. The van der Waals surface area contributed by atoms with Crippen molar-refractivity contribution < 1.29 is 32.3 Å². The van der Waals surface area contributed by atoms with Crippen molar-refractivity contribution in [2.45, 2.75) is 6.18 Å². The largest absolute Gasteiger partial charge is 0.497 e. The van der Waals surface area contributed by atoms with Crippen LogP contribution < -0.4 is 24.6 Å². The number of carbonyl (C=O) groups is 1. The third-order valence-electron chi connectivity index (χ3n) is 5.10. The van der Waals surface area contributed by atoms with E-state index in [2.05, 4.69) is 5.32 Å². The number of amides is 1. The van der Waals surface area contributed by atoms with Gasteiger partial charge >= 0.3 is 6.18 Å². The SMILES string of the molecule is COc1ccc(NC(=O)C[NH+]2CCN(c3cccc(C(F)(F)F)c3)CC2)c(OC)c1. The lowest BCUT2D eigenvalue weighted by Crippen LogP contribution is -3.15. The summed E-state index contributed by atoms with van der Waals surface area (Å²) in [5, 5.41) is 2.85. The predicted molar refractivity (Wildman–Crippen MR) is 107 cm³/mol. The average molecular weight is 424 g/mol. The molecule has 1 heterocycles. The van der Waals surface area contributed by atoms with Gasteiger partial charge in [0.1, 0.15) is 11.5 Å². The lowest BCUT2D eigenvalue weighted by Gasteiger charge is -2.33. The molecular weight excluding hydrogens is 399 g/mol. The van der Waals surface area contributed by atoms with Gasteiger partial charge in [-0.3, -0.25) is 4.79 Å². The molecule has 9 heteroatoms. The van der Waals surface area contributed by atoms with E-state index >= 15 is 0 Å². The van der Waals surface area contributed by atoms with Crippen LogP contribution in [0.1, 0.15) is 5.56 Å². The first kappa shape index (κ1) is 21.8. The average Bonchev–Trinajstić information content (AvgIpc) is 2.74. The minimum absolute atomic E-state index is 0.152. The van der Waals surface area contributed by atoms with Crippen molar-refractivity contribution >= 4 is 17.3 Å². The van der Waals surface area contributed by atoms with Crippen molar-refractivity contribution in [2.75, 3.05) is 57.2 Å². The maximum Gasteiger partial charge on any atom is 0.416 e. The molecule has 1 amide bonds. The minimum atomic E-state index is -4.36. The summed E-state index contributed by atoms with van der Waals surface area (Å²) >= 11 is 0. The maximum absolute atomic E-state index is 12.9. The first-order valence-corrected chi connectivity index (χ1v) is 9.58. The molecule has 0 aliphatic carbocycles. The summed E-state index contributed by atoms with van der Waals surface area (Å²) in [6.07, 6.45) is -4.36. The van der Waals surface area contributed by atoms with E-state index in [1.807, 2.05) is 4.90 Å². The first-order chi connectivity index (χ1) is 14.3. The Labute approximate surface area is 173 Å². The van der Waals surface area contributed by atoms with Gasteiger partial charge in [0.2, 0.25) is 0 Å². The zero-order chi connectivity index (χ0) is 21.7. The van der Waals surface area contributed by atoms with E-state index in [9.17, 15) is 18.0 Å². The molecule has 2 aromatic rings. The van der Waals surface area contributed by atoms with E-state index in [0.717, 1.165) is 11.0 Å². The van der Waals surface area contributed by atoms with Gasteiger partial charge in [-0.05, 0) is 30.3 Å². The summed E-state index contributed by atoms with van der Waals surface area (Å²) in [4.78, 5) is 15.4. The molecule has 0 spiro atoms. The Bertz CT molecular complexity index is 881. The van der Waals surface area contributed by atoms with Crippen LogP contribution in [-0.4, -0.2) is 52.9 Å². The number of piperazine rings is 1. The Balaban J connectivity index is 1.54. The summed E-state index contributed by atoms with van der Waals surface area (Å²) in [6, 6.07) is 10.5. The summed E-state index contributed by atoms with van der Waals surface area (Å²) < 4.78 is 49.2. The van der Waals surface area contributed by atoms with E-state index in [4.69, 9.17) is 9.47 Å². The Morgan fingerprint density at radius 2 is 1.83 bits per heavy atom. The van der Waals surface area contributed by atoms with Gasteiger partial charge in [0.15, 0.2) is 6.54 Å². The highest BCUT2D eigenvalue weighted by molar-refractivity contribution is 5.93. The highest BCUT2D eigenvalue weighted by atomic mass is 19.4. The van der Waals surface area contributed by atoms with Gasteiger partial charge in [-0.25, -0.2) is 0 Å². The van der Waals surface area contributed by atoms with Crippen LogP contribution >= 0.6 is 0 Å². The monoisotopic (exact) mass is 424 g/mol. The number of benzene rings is 2. The summed E-state index contributed by atoms with van der Waals surface area (Å²) in [5.41, 5.74) is 0.462. The van der Waals surface area contributed by atoms with Crippen molar-refractivity contribution in [3.8, 4) is 11.5 Å². The van der Waals surface area contributed by atoms with Crippen molar-refractivity contribution in [1.82, 2.24) is 0 Å². The number of anilines is 2. The Morgan fingerprint density at radius 1 is 1.10 bits per heavy atom. The second kappa shape index (κ2) is 9.25. The number of ether oxygens (including phenoxy) is 2. The Kier molecular flexibility index (Phi) is 6.71. The van der Waals surface area contributed by atoms with Crippen molar-refractivity contribution in [3.63, 3.8) is 0 Å². The van der Waals surface area contributed by atoms with E-state index in [1.54, 1.807) is 31.4 Å². The van der Waals surface area contributed by atoms with Gasteiger partial charge in [0.25, 0.3) is 5.91 Å². The third-order valence-corrected chi connectivity index (χ3v) is 5.10. The van der Waals surface area contributed by atoms with Crippen LogP contribution in [0.15, 0.2) is 42.5 Å². The Morgan fingerprint density at radius 3 is 2.47 bits per heavy atom. The molecule has 0 saturated carbocycles. The number of carbonyl (C=O) groups excluding carboxylic acids is 1. The molecule has 1 aliphatic heterocycles. The normalized spacial score (nSPS) is 15.0. The molecule has 2 N–H and O–H groups in total. The number of hydrogen-bond donors (Lipinski definition) is 2. The number of nitrogens with zero attached hydrogens (tertiary/aromatic N) is 1. The molecule has 30 heavy (non-hydrogen) atoms. The first-order valence-electron chi connectivity index (χ1n) is 9.58. The van der Waals surface area contributed by atoms with Crippen LogP contribution in [0, 0.1) is 0 Å². The van der Waals surface area contributed by atoms with Crippen molar-refractivity contribution in [2.24, 2.45) is 0 Å². The molecule has 1 aliphatic rings. The van der Waals surface area contributed by atoms with Gasteiger partial charge in [0, 0.05) is 11.8 Å². The molecule has 0 atom stereocenters. The van der Waals surface area contributed by atoms with Crippen molar-refractivity contribution in [1.29, 1.82) is 0 Å². The van der Waals surface area contributed by atoms with Crippen LogP contribution in [0.4, 0.5) is 24.5 Å². The number of methoxy groups -OCH3 is 2. The second-order valence-corrected chi connectivity index (χ2v) is 7.08. The second-order valence-electron chi connectivity index (χ2n) is 7.08. The van der Waals surface area contributed by atoms with E-state index in [1.165, 1.54) is 19.2 Å². The zero-order valence-corrected chi connectivity index (χ0v) is 16.9. The number of halogens is 3. The summed E-state index contributed by atoms with van der Waals surface area (Å²) in [7, 11) is 3.07. The number of alkyl halides is 3. The highest BCUT2D eigenvalue weighted by Crippen LogP contribution is 2.31. The lowest BCUT2D eigenvalue weighted by atomic mass is 10.1. The molecule has 1 fully saturated rings. The van der Waals surface area contributed by atoms with Crippen LogP contribution in [0.5, 0.6) is 11.5 Å². The molecule has 3 rings (SSSR count). The zero-order valence-electron chi connectivity index (χ0n) is 16.9. The number of hydrogen-bond acceptors (Lipinski definition) is 4. The Hall–Kier alpha value is -2.94. The molecule has 0 aromatic heterocycles. The molecule has 0 radical (unpaired) electrons. The summed E-state index contributed by atoms with van der Waals surface area (Å²) in [6.45, 7) is 2.74. The van der Waals surface area contributed by atoms with Crippen LogP contribution in [-0.2, 0) is 11.0 Å². The third kappa shape index (κ3) is 5.35. The molecule has 0 unspecified atom stereocenters. The topological polar surface area (TPSA) is 55.2 Å². The molecule has 2 aromatic carbocycles. The summed E-state index contributed by atoms with van der Waals surface area (Å²) in [5.74, 6) is 0.981. The van der Waals surface area contributed by atoms with Crippen LogP contribution in [0.25, 0.3) is 0 Å². The fourth-order valence-corrected chi connectivity index (χ4v) is 3.46. The number of nitrogens with one attached hydrogen (secondary N) is 2. The minimum Gasteiger partial charge on any atom is -0.497 e. The van der Waals surface area contributed by atoms with Crippen LogP contribution in [0.3, 0.4) is 0 Å². The molecule has 1 saturated heterocycles. The molecule has 162 valence electrons. The number of rotatable bonds is 6. The molecule has 6 nitrogen and oxygen atoms in total. The van der Waals surface area contributed by atoms with Crippen LogP contribution in [0.2, 0.25) is 0 Å². The van der Waals surface area contributed by atoms with Gasteiger partial charge < -0.3 is 24.6 Å². The molecule has 0 bridgehead atoms.